The number of nitrogens with zero attached hydrogens (tertiary/aromatic N) is 1. The van der Waals surface area contributed by atoms with Crippen LogP contribution in [0.3, 0.4) is 0 Å². The number of carbonyl (C=O) groups excluding carboxylic acids is 1. The van der Waals surface area contributed by atoms with E-state index in [-0.39, 0.29) is 17.6 Å². The first-order valence-corrected chi connectivity index (χ1v) is 7.02. The summed E-state index contributed by atoms with van der Waals surface area (Å²) in [5.74, 6) is 0.00602. The summed E-state index contributed by atoms with van der Waals surface area (Å²) in [6.07, 6.45) is 4.33. The van der Waals surface area contributed by atoms with E-state index in [9.17, 15) is 9.18 Å². The lowest BCUT2D eigenvalue weighted by Gasteiger charge is -1.99. The molecule has 3 rings (SSSR count). The van der Waals surface area contributed by atoms with Crippen molar-refractivity contribution in [3.63, 3.8) is 0 Å². The summed E-state index contributed by atoms with van der Waals surface area (Å²) in [4.78, 5) is 16.8. The molecule has 0 unspecified atom stereocenters. The minimum atomic E-state index is -0.232. The van der Waals surface area contributed by atoms with Crippen LogP contribution in [-0.2, 0) is 11.2 Å². The van der Waals surface area contributed by atoms with E-state index in [2.05, 4.69) is 10.3 Å². The van der Waals surface area contributed by atoms with Crippen molar-refractivity contribution in [2.75, 3.05) is 5.32 Å². The largest absolute Gasteiger partial charge is 0.302 e. The number of carbonyl (C=O) groups is 1. The molecule has 0 aliphatic heterocycles. The summed E-state index contributed by atoms with van der Waals surface area (Å²) in [6, 6.07) is 6.52. The summed E-state index contributed by atoms with van der Waals surface area (Å²) in [5.41, 5.74) is 0.906. The molecule has 0 atom stereocenters. The number of hydrogen-bond acceptors (Lipinski definition) is 3. The van der Waals surface area contributed by atoms with Gasteiger partial charge in [0.2, 0.25) is 5.91 Å². The molecule has 1 amide bonds. The third kappa shape index (κ3) is 3.17. The molecule has 3 nitrogen and oxygen atoms in total. The van der Waals surface area contributed by atoms with Crippen molar-refractivity contribution in [2.24, 2.45) is 5.92 Å². The standard InChI is InChI=1S/C14H13FN2OS/c15-11-3-1-2-9(6-11)7-12-8-16-14(19-12)17-13(18)10-4-5-10/h1-3,6,8,10H,4-5,7H2,(H,16,17,18). The van der Waals surface area contributed by atoms with Crippen LogP contribution in [0.2, 0.25) is 0 Å². The summed E-state index contributed by atoms with van der Waals surface area (Å²) in [7, 11) is 0. The maximum atomic E-state index is 13.1. The molecule has 2 aromatic rings. The Bertz CT molecular complexity index is 607. The summed E-state index contributed by atoms with van der Waals surface area (Å²) >= 11 is 1.44. The van der Waals surface area contributed by atoms with Crippen molar-refractivity contribution in [1.29, 1.82) is 0 Å². The molecule has 98 valence electrons. The quantitative estimate of drug-likeness (QED) is 0.931. The highest BCUT2D eigenvalue weighted by Gasteiger charge is 2.30. The number of amides is 1. The molecule has 1 fully saturated rings. The van der Waals surface area contributed by atoms with Crippen LogP contribution in [0.15, 0.2) is 30.5 Å². The lowest BCUT2D eigenvalue weighted by molar-refractivity contribution is -0.117. The lowest BCUT2D eigenvalue weighted by atomic mass is 10.1. The van der Waals surface area contributed by atoms with Gasteiger partial charge in [0.1, 0.15) is 5.82 Å². The third-order valence-electron chi connectivity index (χ3n) is 3.00. The fourth-order valence-corrected chi connectivity index (χ4v) is 2.70. The number of nitrogens with one attached hydrogen (secondary N) is 1. The Hall–Kier alpha value is -1.75. The average molecular weight is 276 g/mol. The van der Waals surface area contributed by atoms with Gasteiger partial charge in [0.15, 0.2) is 5.13 Å². The highest BCUT2D eigenvalue weighted by Crippen LogP contribution is 2.31. The predicted octanol–water partition coefficient (Wildman–Crippen LogP) is 3.22. The zero-order valence-electron chi connectivity index (χ0n) is 10.2. The van der Waals surface area contributed by atoms with Gasteiger partial charge in [-0.2, -0.15) is 0 Å². The van der Waals surface area contributed by atoms with Gasteiger partial charge in [-0.15, -0.1) is 11.3 Å². The normalized spacial score (nSPS) is 14.4. The molecule has 0 bridgehead atoms. The number of benzene rings is 1. The van der Waals surface area contributed by atoms with Crippen LogP contribution in [0.5, 0.6) is 0 Å². The highest BCUT2D eigenvalue weighted by atomic mass is 32.1. The first-order valence-electron chi connectivity index (χ1n) is 6.21. The lowest BCUT2D eigenvalue weighted by Crippen LogP contribution is -2.12. The van der Waals surface area contributed by atoms with Crippen molar-refractivity contribution in [1.82, 2.24) is 4.98 Å². The first kappa shape index (κ1) is 12.3. The van der Waals surface area contributed by atoms with E-state index < -0.39 is 0 Å². The Kier molecular flexibility index (Phi) is 3.29. The van der Waals surface area contributed by atoms with Crippen molar-refractivity contribution < 1.29 is 9.18 Å². The van der Waals surface area contributed by atoms with E-state index in [1.54, 1.807) is 12.3 Å². The molecule has 1 saturated carbocycles. The second-order valence-corrected chi connectivity index (χ2v) is 5.82. The number of hydrogen-bond donors (Lipinski definition) is 1. The first-order chi connectivity index (χ1) is 9.20. The molecule has 1 aliphatic carbocycles. The number of aromatic nitrogens is 1. The van der Waals surface area contributed by atoms with Gasteiger partial charge in [0.25, 0.3) is 0 Å². The molecule has 0 spiro atoms. The molecule has 0 radical (unpaired) electrons. The van der Waals surface area contributed by atoms with Crippen molar-refractivity contribution in [3.8, 4) is 0 Å². The second-order valence-electron chi connectivity index (χ2n) is 4.70. The van der Waals surface area contributed by atoms with Gasteiger partial charge < -0.3 is 5.32 Å². The van der Waals surface area contributed by atoms with Gasteiger partial charge in [0, 0.05) is 23.4 Å². The third-order valence-corrected chi connectivity index (χ3v) is 3.91. The molecule has 19 heavy (non-hydrogen) atoms. The number of anilines is 1. The van der Waals surface area contributed by atoms with Gasteiger partial charge >= 0.3 is 0 Å². The van der Waals surface area contributed by atoms with E-state index in [0.717, 1.165) is 23.3 Å². The van der Waals surface area contributed by atoms with Crippen LogP contribution < -0.4 is 5.32 Å². The molecule has 1 aromatic heterocycles. The van der Waals surface area contributed by atoms with Crippen LogP contribution in [0.4, 0.5) is 9.52 Å². The number of thiazole rings is 1. The van der Waals surface area contributed by atoms with E-state index in [4.69, 9.17) is 0 Å². The predicted molar refractivity (Wildman–Crippen MR) is 72.7 cm³/mol. The molecule has 1 N–H and O–H groups in total. The van der Waals surface area contributed by atoms with Crippen LogP contribution in [0, 0.1) is 11.7 Å². The Balaban J connectivity index is 1.65. The summed E-state index contributed by atoms with van der Waals surface area (Å²) in [5, 5.41) is 3.44. The van der Waals surface area contributed by atoms with Crippen LogP contribution in [0.1, 0.15) is 23.3 Å². The highest BCUT2D eigenvalue weighted by molar-refractivity contribution is 7.15. The van der Waals surface area contributed by atoms with Crippen molar-refractivity contribution in [2.45, 2.75) is 19.3 Å². The molecular weight excluding hydrogens is 263 g/mol. The van der Waals surface area contributed by atoms with Crippen molar-refractivity contribution in [3.05, 3.63) is 46.7 Å². The smallest absolute Gasteiger partial charge is 0.229 e. The van der Waals surface area contributed by atoms with Gasteiger partial charge in [0.05, 0.1) is 0 Å². The Morgan fingerprint density at radius 2 is 2.32 bits per heavy atom. The number of rotatable bonds is 4. The molecular formula is C14H13FN2OS. The summed E-state index contributed by atoms with van der Waals surface area (Å²) < 4.78 is 13.1. The molecule has 1 aromatic carbocycles. The van der Waals surface area contributed by atoms with Crippen molar-refractivity contribution >= 4 is 22.4 Å². The molecule has 0 saturated heterocycles. The minimum Gasteiger partial charge on any atom is -0.302 e. The summed E-state index contributed by atoms with van der Waals surface area (Å²) in [6.45, 7) is 0. The molecule has 1 aliphatic rings. The Morgan fingerprint density at radius 1 is 1.47 bits per heavy atom. The zero-order valence-corrected chi connectivity index (χ0v) is 11.0. The van der Waals surface area contributed by atoms with E-state index in [0.29, 0.717) is 11.6 Å². The molecule has 1 heterocycles. The topological polar surface area (TPSA) is 42.0 Å². The fraction of sp³-hybridized carbons (Fsp3) is 0.286. The van der Waals surface area contributed by atoms with Crippen LogP contribution in [-0.4, -0.2) is 10.9 Å². The van der Waals surface area contributed by atoms with Crippen LogP contribution in [0.25, 0.3) is 0 Å². The maximum absolute atomic E-state index is 13.1. The average Bonchev–Trinajstić information content (AvgIpc) is 3.13. The minimum absolute atomic E-state index is 0.0617. The van der Waals surface area contributed by atoms with E-state index >= 15 is 0 Å². The van der Waals surface area contributed by atoms with Gasteiger partial charge in [-0.25, -0.2) is 9.37 Å². The second kappa shape index (κ2) is 5.09. The van der Waals surface area contributed by atoms with Gasteiger partial charge in [-0.3, -0.25) is 4.79 Å². The Labute approximate surface area is 114 Å². The molecule has 5 heteroatoms. The monoisotopic (exact) mass is 276 g/mol. The maximum Gasteiger partial charge on any atom is 0.229 e. The Morgan fingerprint density at radius 3 is 3.05 bits per heavy atom. The van der Waals surface area contributed by atoms with Gasteiger partial charge in [-0.05, 0) is 30.5 Å². The zero-order chi connectivity index (χ0) is 13.2. The number of halogens is 1. The SMILES string of the molecule is O=C(Nc1ncc(Cc2cccc(F)c2)s1)C1CC1. The van der Waals surface area contributed by atoms with E-state index in [1.165, 1.54) is 23.5 Å². The fourth-order valence-electron chi connectivity index (χ4n) is 1.85. The van der Waals surface area contributed by atoms with Gasteiger partial charge in [-0.1, -0.05) is 12.1 Å². The van der Waals surface area contributed by atoms with E-state index in [1.807, 2.05) is 6.07 Å². The van der Waals surface area contributed by atoms with Crippen LogP contribution >= 0.6 is 11.3 Å².